The third-order valence-electron chi connectivity index (χ3n) is 0.175. The molecule has 0 heterocycles. The molecule has 70 valence electrons. The van der Waals surface area contributed by atoms with Gasteiger partial charge >= 0.3 is 5.97 Å². The zero-order valence-corrected chi connectivity index (χ0v) is 6.95. The van der Waals surface area contributed by atoms with Gasteiger partial charge < -0.3 is 21.1 Å². The molecule has 0 aromatic heterocycles. The van der Waals surface area contributed by atoms with Gasteiger partial charge in [0.1, 0.15) is 0 Å². The molecule has 0 saturated heterocycles. The van der Waals surface area contributed by atoms with Gasteiger partial charge in [0.05, 0.1) is 6.54 Å². The maximum absolute atomic E-state index is 9.24. The summed E-state index contributed by atoms with van der Waals surface area (Å²) >= 11 is 0. The number of hydrogen-bond acceptors (Lipinski definition) is 4. The maximum Gasteiger partial charge on any atom is 0.317 e. The van der Waals surface area contributed by atoms with E-state index in [9.17, 15) is 4.79 Å². The highest BCUT2D eigenvalue weighted by molar-refractivity contribution is 5.68. The Balaban J connectivity index is -0.0000000933. The van der Waals surface area contributed by atoms with Crippen LogP contribution in [-0.4, -0.2) is 41.0 Å². The number of aliphatic hydroxyl groups excluding tert-OH is 2. The van der Waals surface area contributed by atoms with Crippen LogP contribution in [0.25, 0.3) is 0 Å². The van der Waals surface area contributed by atoms with Crippen LogP contribution in [0, 0.1) is 0 Å². The lowest BCUT2D eigenvalue weighted by atomic mass is 10.7. The number of hydrogen-bond donors (Lipinski definition) is 4. The fourth-order valence-electron chi connectivity index (χ4n) is 0. The summed E-state index contributed by atoms with van der Waals surface area (Å²) in [6, 6.07) is 0. The number of nitrogens with two attached hydrogens (primary N) is 1. The Labute approximate surface area is 66.5 Å². The van der Waals surface area contributed by atoms with E-state index in [0.29, 0.717) is 0 Å². The molecule has 0 aromatic carbocycles. The molecule has 5 N–H and O–H groups in total. The topological polar surface area (TPSA) is 104 Å². The smallest absolute Gasteiger partial charge is 0.317 e. The van der Waals surface area contributed by atoms with Gasteiger partial charge in [0.25, 0.3) is 0 Å². The van der Waals surface area contributed by atoms with Crippen molar-refractivity contribution in [2.75, 3.05) is 19.8 Å². The molecule has 0 atom stereocenters. The van der Waals surface area contributed by atoms with Crippen molar-refractivity contribution < 1.29 is 20.1 Å². The van der Waals surface area contributed by atoms with Gasteiger partial charge in [-0.2, -0.15) is 0 Å². The van der Waals surface area contributed by atoms with E-state index in [-0.39, 0.29) is 19.8 Å². The molecule has 11 heavy (non-hydrogen) atoms. The molecule has 0 aliphatic carbocycles. The van der Waals surface area contributed by atoms with Crippen LogP contribution in [0.1, 0.15) is 13.8 Å². The third kappa shape index (κ3) is 277. The van der Waals surface area contributed by atoms with E-state index < -0.39 is 5.97 Å². The van der Waals surface area contributed by atoms with Crippen molar-refractivity contribution >= 4 is 5.97 Å². The Morgan fingerprint density at radius 2 is 1.36 bits per heavy atom. The van der Waals surface area contributed by atoms with Gasteiger partial charge in [-0.1, -0.05) is 0 Å². The second-order valence-electron chi connectivity index (χ2n) is 1.23. The third-order valence-corrected chi connectivity index (χ3v) is 0.175. The average molecular weight is 167 g/mol. The Morgan fingerprint density at radius 3 is 1.36 bits per heavy atom. The predicted molar refractivity (Wildman–Crippen MR) is 42.2 cm³/mol. The van der Waals surface area contributed by atoms with Crippen LogP contribution in [0.3, 0.4) is 0 Å². The lowest BCUT2D eigenvalue weighted by Crippen LogP contribution is -2.10. The van der Waals surface area contributed by atoms with Crippen molar-refractivity contribution in [3.8, 4) is 0 Å². The maximum atomic E-state index is 9.24. The quantitative estimate of drug-likeness (QED) is 0.402. The number of aliphatic carboxylic acids is 1. The fourth-order valence-corrected chi connectivity index (χ4v) is 0. The van der Waals surface area contributed by atoms with Crippen molar-refractivity contribution in [2.24, 2.45) is 5.73 Å². The van der Waals surface area contributed by atoms with E-state index in [1.807, 2.05) is 0 Å². The molecule has 0 amide bonds. The molecule has 5 nitrogen and oxygen atoms in total. The minimum atomic E-state index is -0.968. The highest BCUT2D eigenvalue weighted by atomic mass is 16.4. The minimum Gasteiger partial charge on any atom is -0.480 e. The van der Waals surface area contributed by atoms with Crippen LogP contribution in [-0.2, 0) is 4.79 Å². The lowest BCUT2D eigenvalue weighted by molar-refractivity contribution is -0.135. The van der Waals surface area contributed by atoms with Crippen molar-refractivity contribution in [1.29, 1.82) is 0 Å². The summed E-state index contributed by atoms with van der Waals surface area (Å²) in [7, 11) is 0. The first kappa shape index (κ1) is 16.7. The zero-order chi connectivity index (χ0) is 9.70. The second kappa shape index (κ2) is 22.8. The molecule has 0 aromatic rings. The molecule has 5 heteroatoms. The van der Waals surface area contributed by atoms with E-state index in [1.54, 1.807) is 13.8 Å². The molecule has 0 spiro atoms. The second-order valence-corrected chi connectivity index (χ2v) is 1.23. The summed E-state index contributed by atoms with van der Waals surface area (Å²) in [6.07, 6.45) is 0. The van der Waals surface area contributed by atoms with Gasteiger partial charge in [0.2, 0.25) is 0 Å². The van der Waals surface area contributed by atoms with E-state index in [2.05, 4.69) is 5.73 Å². The number of aliphatic hydroxyl groups is 2. The average Bonchev–Trinajstić information content (AvgIpc) is 1.91. The molecule has 0 fully saturated rings. The van der Waals surface area contributed by atoms with Crippen molar-refractivity contribution in [3.63, 3.8) is 0 Å². The first-order chi connectivity index (χ1) is 5.10. The highest BCUT2D eigenvalue weighted by Crippen LogP contribution is 1.43. The number of rotatable bonds is 1. The number of carboxylic acids is 1. The number of carbonyl (C=O) groups is 1. The largest absolute Gasteiger partial charge is 0.480 e. The minimum absolute atomic E-state index is 0.250. The van der Waals surface area contributed by atoms with E-state index in [0.717, 1.165) is 0 Å². The van der Waals surface area contributed by atoms with Gasteiger partial charge in [-0.3, -0.25) is 4.79 Å². The first-order valence-electron chi connectivity index (χ1n) is 3.24. The zero-order valence-electron chi connectivity index (χ0n) is 6.95. The predicted octanol–water partition coefficient (Wildman–Crippen LogP) is -0.973. The molecule has 0 rings (SSSR count). The molecule has 0 radical (unpaired) electrons. The molecule has 0 bridgehead atoms. The van der Waals surface area contributed by atoms with Crippen LogP contribution >= 0.6 is 0 Å². The summed E-state index contributed by atoms with van der Waals surface area (Å²) < 4.78 is 0. The monoisotopic (exact) mass is 167 g/mol. The van der Waals surface area contributed by atoms with Gasteiger partial charge in [-0.25, -0.2) is 0 Å². The van der Waals surface area contributed by atoms with Gasteiger partial charge in [0, 0.05) is 13.2 Å². The molecular formula is C6H17NO4. The standard InChI is InChI=1S/C2H5NO2.2C2H6O/c3-1-2(4)5;2*1-2-3/h1,3H2,(H,4,5);2*3H,2H2,1H3. The Morgan fingerprint density at radius 1 is 1.27 bits per heavy atom. The Hall–Kier alpha value is -0.650. The summed E-state index contributed by atoms with van der Waals surface area (Å²) in [5.74, 6) is -0.968. The summed E-state index contributed by atoms with van der Waals surface area (Å²) in [4.78, 5) is 9.24. The molecule has 0 aliphatic rings. The number of carboxylic acid groups (broad SMARTS) is 1. The van der Waals surface area contributed by atoms with Crippen molar-refractivity contribution in [3.05, 3.63) is 0 Å². The van der Waals surface area contributed by atoms with Crippen LogP contribution in [0.5, 0.6) is 0 Å². The van der Waals surface area contributed by atoms with Gasteiger partial charge in [0.15, 0.2) is 0 Å². The molecule has 0 aliphatic heterocycles. The first-order valence-corrected chi connectivity index (χ1v) is 3.24. The normalized spacial score (nSPS) is 6.64. The highest BCUT2D eigenvalue weighted by Gasteiger charge is 1.81. The van der Waals surface area contributed by atoms with Crippen molar-refractivity contribution in [1.82, 2.24) is 0 Å². The summed E-state index contributed by atoms with van der Waals surface area (Å²) in [5, 5.41) is 22.7. The van der Waals surface area contributed by atoms with E-state index >= 15 is 0 Å². The van der Waals surface area contributed by atoms with Gasteiger partial charge in [-0.05, 0) is 13.8 Å². The molecular weight excluding hydrogens is 150 g/mol. The molecule has 0 saturated carbocycles. The van der Waals surface area contributed by atoms with E-state index in [4.69, 9.17) is 15.3 Å². The van der Waals surface area contributed by atoms with Crippen LogP contribution in [0.4, 0.5) is 0 Å². The van der Waals surface area contributed by atoms with Crippen LogP contribution < -0.4 is 5.73 Å². The van der Waals surface area contributed by atoms with Gasteiger partial charge in [-0.15, -0.1) is 0 Å². The van der Waals surface area contributed by atoms with E-state index in [1.165, 1.54) is 0 Å². The summed E-state index contributed by atoms with van der Waals surface area (Å²) in [6.45, 7) is 3.58. The Bertz CT molecular complexity index is 65.6. The summed E-state index contributed by atoms with van der Waals surface area (Å²) in [5.41, 5.74) is 4.57. The lowest BCUT2D eigenvalue weighted by Gasteiger charge is -1.73. The van der Waals surface area contributed by atoms with Crippen LogP contribution in [0.15, 0.2) is 0 Å². The van der Waals surface area contributed by atoms with Crippen LogP contribution in [0.2, 0.25) is 0 Å². The Kier molecular flexibility index (Phi) is 34.7. The molecule has 0 unspecified atom stereocenters. The SMILES string of the molecule is CCO.CCO.NCC(=O)O. The van der Waals surface area contributed by atoms with Crippen molar-refractivity contribution in [2.45, 2.75) is 13.8 Å². The fraction of sp³-hybridized carbons (Fsp3) is 0.833.